The molecule has 192 valence electrons. The van der Waals surface area contributed by atoms with Gasteiger partial charge in [0, 0.05) is 19.0 Å². The molecular formula is C25H36N4O6. The van der Waals surface area contributed by atoms with E-state index in [-0.39, 0.29) is 18.8 Å². The molecule has 1 aromatic carbocycles. The Bertz CT molecular complexity index is 983. The number of methoxy groups -OCH3 is 1. The van der Waals surface area contributed by atoms with Crippen LogP contribution in [0, 0.1) is 5.92 Å². The number of amides is 2. The molecule has 1 heterocycles. The molecule has 0 spiro atoms. The van der Waals surface area contributed by atoms with E-state index in [0.717, 1.165) is 5.56 Å². The van der Waals surface area contributed by atoms with Gasteiger partial charge in [0.25, 0.3) is 0 Å². The molecule has 2 aromatic rings. The number of carbonyl (C=O) groups excluding carboxylic acids is 3. The molecule has 0 radical (unpaired) electrons. The predicted molar refractivity (Wildman–Crippen MR) is 129 cm³/mol. The van der Waals surface area contributed by atoms with Crippen LogP contribution in [0.5, 0.6) is 0 Å². The monoisotopic (exact) mass is 488 g/mol. The first-order valence-corrected chi connectivity index (χ1v) is 11.6. The van der Waals surface area contributed by atoms with Crippen LogP contribution < -0.4 is 5.32 Å². The van der Waals surface area contributed by atoms with Gasteiger partial charge in [-0.1, -0.05) is 49.3 Å². The minimum absolute atomic E-state index is 0.113. The number of ether oxygens (including phenoxy) is 2. The van der Waals surface area contributed by atoms with Crippen LogP contribution in [0.25, 0.3) is 11.4 Å². The van der Waals surface area contributed by atoms with E-state index < -0.39 is 35.7 Å². The molecule has 0 aliphatic rings. The minimum Gasteiger partial charge on any atom is -0.467 e. The van der Waals surface area contributed by atoms with E-state index in [0.29, 0.717) is 18.1 Å². The Morgan fingerprint density at radius 1 is 1.14 bits per heavy atom. The molecule has 1 aromatic heterocycles. The van der Waals surface area contributed by atoms with Crippen molar-refractivity contribution in [3.05, 3.63) is 36.2 Å². The molecule has 0 aliphatic heterocycles. The maximum absolute atomic E-state index is 13.2. The smallest absolute Gasteiger partial charge is 0.410 e. The van der Waals surface area contributed by atoms with Crippen LogP contribution in [-0.2, 0) is 25.5 Å². The normalized spacial score (nSPS) is 13.1. The number of benzene rings is 1. The van der Waals surface area contributed by atoms with Crippen LogP contribution >= 0.6 is 0 Å². The van der Waals surface area contributed by atoms with Crippen molar-refractivity contribution in [2.75, 3.05) is 14.2 Å². The molecular weight excluding hydrogens is 452 g/mol. The van der Waals surface area contributed by atoms with Crippen molar-refractivity contribution in [1.82, 2.24) is 20.4 Å². The first-order chi connectivity index (χ1) is 16.4. The average molecular weight is 489 g/mol. The molecule has 1 N–H and O–H groups in total. The minimum atomic E-state index is -0.957. The van der Waals surface area contributed by atoms with Crippen molar-refractivity contribution < 1.29 is 28.4 Å². The van der Waals surface area contributed by atoms with Gasteiger partial charge in [0.05, 0.1) is 7.11 Å². The Kier molecular flexibility index (Phi) is 9.79. The molecule has 0 bridgehead atoms. The van der Waals surface area contributed by atoms with Crippen LogP contribution in [-0.4, -0.2) is 64.9 Å². The van der Waals surface area contributed by atoms with E-state index in [1.807, 2.05) is 44.2 Å². The molecule has 0 aliphatic carbocycles. The third-order valence-electron chi connectivity index (χ3n) is 5.10. The van der Waals surface area contributed by atoms with Crippen LogP contribution in [0.2, 0.25) is 0 Å². The summed E-state index contributed by atoms with van der Waals surface area (Å²) in [5.41, 5.74) is 0.101. The summed E-state index contributed by atoms with van der Waals surface area (Å²) >= 11 is 0. The van der Waals surface area contributed by atoms with E-state index in [1.54, 1.807) is 20.8 Å². The van der Waals surface area contributed by atoms with Crippen molar-refractivity contribution in [3.63, 3.8) is 0 Å². The topological polar surface area (TPSA) is 124 Å². The lowest BCUT2D eigenvalue weighted by Gasteiger charge is -2.31. The number of likely N-dealkylation sites (N-methyl/N-ethyl adjacent to an activating group) is 1. The summed E-state index contributed by atoms with van der Waals surface area (Å²) in [6, 6.07) is 7.57. The Balaban J connectivity index is 2.11. The number of carbonyl (C=O) groups is 3. The van der Waals surface area contributed by atoms with Gasteiger partial charge < -0.3 is 19.3 Å². The zero-order valence-electron chi connectivity index (χ0n) is 21.5. The van der Waals surface area contributed by atoms with Crippen molar-refractivity contribution in [2.45, 2.75) is 71.6 Å². The van der Waals surface area contributed by atoms with Gasteiger partial charge >= 0.3 is 12.1 Å². The van der Waals surface area contributed by atoms with Crippen molar-refractivity contribution in [2.24, 2.45) is 5.92 Å². The summed E-state index contributed by atoms with van der Waals surface area (Å²) in [5, 5.41) is 6.70. The second-order valence-electron chi connectivity index (χ2n) is 9.74. The molecule has 2 atom stereocenters. The number of aromatic nitrogens is 2. The highest BCUT2D eigenvalue weighted by molar-refractivity contribution is 5.89. The molecule has 2 amide bonds. The number of nitrogens with one attached hydrogen (secondary N) is 1. The largest absolute Gasteiger partial charge is 0.467 e. The third kappa shape index (κ3) is 8.70. The van der Waals surface area contributed by atoms with Crippen LogP contribution in [0.4, 0.5) is 4.79 Å². The summed E-state index contributed by atoms with van der Waals surface area (Å²) in [7, 11) is 2.76. The highest BCUT2D eigenvalue weighted by atomic mass is 16.6. The van der Waals surface area contributed by atoms with E-state index in [9.17, 15) is 14.4 Å². The van der Waals surface area contributed by atoms with E-state index in [1.165, 1.54) is 19.1 Å². The fraction of sp³-hybridized carbons (Fsp3) is 0.560. The maximum Gasteiger partial charge on any atom is 0.410 e. The molecule has 0 saturated carbocycles. The molecule has 2 rings (SSSR count). The Morgan fingerprint density at radius 3 is 2.37 bits per heavy atom. The summed E-state index contributed by atoms with van der Waals surface area (Å²) < 4.78 is 15.6. The Morgan fingerprint density at radius 2 is 1.80 bits per heavy atom. The van der Waals surface area contributed by atoms with Gasteiger partial charge in [0.2, 0.25) is 17.6 Å². The molecule has 10 nitrogen and oxygen atoms in total. The molecule has 35 heavy (non-hydrogen) atoms. The van der Waals surface area contributed by atoms with E-state index in [4.69, 9.17) is 14.0 Å². The number of hydrogen-bond acceptors (Lipinski definition) is 8. The van der Waals surface area contributed by atoms with Gasteiger partial charge in [-0.2, -0.15) is 4.98 Å². The summed E-state index contributed by atoms with van der Waals surface area (Å²) in [6.07, 6.45) is 0.197. The van der Waals surface area contributed by atoms with Gasteiger partial charge in [-0.05, 0) is 39.5 Å². The fourth-order valence-corrected chi connectivity index (χ4v) is 3.34. The maximum atomic E-state index is 13.2. The lowest BCUT2D eigenvalue weighted by molar-refractivity contribution is -0.146. The second kappa shape index (κ2) is 12.3. The fourth-order valence-electron chi connectivity index (χ4n) is 3.34. The standard InChI is InChI=1S/C25H36N4O6/c1-16(2)15-19(29(6)24(32)34-25(3,4)5)22(30)26-18(23(31)33-7)13-14-20-27-21(28-35-20)17-11-9-8-10-12-17/h8-12,16,18-19H,13-15H2,1-7H3,(H,26,30)/t18-,19+/m1/s1. The summed E-state index contributed by atoms with van der Waals surface area (Å²) in [5.74, 6) is -0.198. The van der Waals surface area contributed by atoms with Crippen LogP contribution in [0.1, 0.15) is 53.4 Å². The zero-order chi connectivity index (χ0) is 26.2. The van der Waals surface area contributed by atoms with Gasteiger partial charge in [-0.25, -0.2) is 9.59 Å². The van der Waals surface area contributed by atoms with Crippen molar-refractivity contribution in [1.29, 1.82) is 0 Å². The van der Waals surface area contributed by atoms with E-state index in [2.05, 4.69) is 15.5 Å². The third-order valence-corrected chi connectivity index (χ3v) is 5.10. The Labute approximate surface area is 206 Å². The zero-order valence-corrected chi connectivity index (χ0v) is 21.5. The number of nitrogens with zero attached hydrogens (tertiary/aromatic N) is 3. The number of hydrogen-bond donors (Lipinski definition) is 1. The lowest BCUT2D eigenvalue weighted by atomic mass is 10.0. The predicted octanol–water partition coefficient (Wildman–Crippen LogP) is 3.61. The summed E-state index contributed by atoms with van der Waals surface area (Å²) in [4.78, 5) is 43.8. The Hall–Kier alpha value is -3.43. The lowest BCUT2D eigenvalue weighted by Crippen LogP contribution is -2.53. The molecule has 10 heteroatoms. The molecule has 0 fully saturated rings. The highest BCUT2D eigenvalue weighted by Gasteiger charge is 2.33. The van der Waals surface area contributed by atoms with Crippen molar-refractivity contribution in [3.8, 4) is 11.4 Å². The van der Waals surface area contributed by atoms with Crippen LogP contribution in [0.3, 0.4) is 0 Å². The van der Waals surface area contributed by atoms with Gasteiger partial charge in [-0.3, -0.25) is 9.69 Å². The van der Waals surface area contributed by atoms with Gasteiger partial charge in [0.15, 0.2) is 0 Å². The average Bonchev–Trinajstić information content (AvgIpc) is 3.27. The number of aryl methyl sites for hydroxylation is 1. The van der Waals surface area contributed by atoms with Crippen molar-refractivity contribution >= 4 is 18.0 Å². The number of esters is 1. The molecule has 0 unspecified atom stereocenters. The number of rotatable bonds is 10. The first-order valence-electron chi connectivity index (χ1n) is 11.6. The van der Waals surface area contributed by atoms with Gasteiger partial charge in [-0.15, -0.1) is 0 Å². The SMILES string of the molecule is COC(=O)[C@@H](CCc1nc(-c2ccccc2)no1)NC(=O)[C@H](CC(C)C)N(C)C(=O)OC(C)(C)C. The highest BCUT2D eigenvalue weighted by Crippen LogP contribution is 2.18. The second-order valence-corrected chi connectivity index (χ2v) is 9.74. The molecule has 0 saturated heterocycles. The van der Waals surface area contributed by atoms with Gasteiger partial charge in [0.1, 0.15) is 17.7 Å². The van der Waals surface area contributed by atoms with Crippen LogP contribution in [0.15, 0.2) is 34.9 Å². The van der Waals surface area contributed by atoms with E-state index >= 15 is 0 Å². The summed E-state index contributed by atoms with van der Waals surface area (Å²) in [6.45, 7) is 9.15. The quantitative estimate of drug-likeness (QED) is 0.503. The first kappa shape index (κ1) is 27.8.